The summed E-state index contributed by atoms with van der Waals surface area (Å²) in [7, 11) is -3.53. The molecule has 0 aliphatic heterocycles. The van der Waals surface area contributed by atoms with Crippen LogP contribution < -0.4 is 10.6 Å². The SMILES string of the molecule is Cc1cc(Nc2ccc(-c3cnc(C4CCC(NC(=O)OC(C)C)CC4)s3)c(S(=O)(=O)C(C)C)c2)sn1. The summed E-state index contributed by atoms with van der Waals surface area (Å²) in [5.41, 5.74) is 2.30. The second kappa shape index (κ2) is 11.5. The van der Waals surface area contributed by atoms with E-state index in [1.165, 1.54) is 11.5 Å². The highest BCUT2D eigenvalue weighted by Crippen LogP contribution is 2.40. The lowest BCUT2D eigenvalue weighted by molar-refractivity contribution is 0.109. The second-order valence-corrected chi connectivity index (χ2v) is 14.3. The van der Waals surface area contributed by atoms with E-state index in [9.17, 15) is 13.2 Å². The number of aromatic nitrogens is 2. The Morgan fingerprint density at radius 2 is 1.84 bits per heavy atom. The smallest absolute Gasteiger partial charge is 0.407 e. The molecule has 2 N–H and O–H groups in total. The molecule has 8 nitrogen and oxygen atoms in total. The summed E-state index contributed by atoms with van der Waals surface area (Å²) in [4.78, 5) is 17.8. The van der Waals surface area contributed by atoms with E-state index >= 15 is 0 Å². The average molecular weight is 563 g/mol. The Morgan fingerprint density at radius 1 is 1.11 bits per heavy atom. The van der Waals surface area contributed by atoms with Crippen LogP contribution >= 0.6 is 22.9 Å². The number of alkyl carbamates (subject to hydrolysis) is 1. The van der Waals surface area contributed by atoms with Gasteiger partial charge in [0.05, 0.1) is 31.8 Å². The third-order valence-electron chi connectivity index (χ3n) is 6.33. The molecule has 200 valence electrons. The highest BCUT2D eigenvalue weighted by molar-refractivity contribution is 7.92. The van der Waals surface area contributed by atoms with Crippen molar-refractivity contribution in [2.75, 3.05) is 5.32 Å². The third kappa shape index (κ3) is 6.69. The van der Waals surface area contributed by atoms with Crippen molar-refractivity contribution in [1.82, 2.24) is 14.7 Å². The highest BCUT2D eigenvalue weighted by atomic mass is 32.2. The topological polar surface area (TPSA) is 110 Å². The quantitative estimate of drug-likeness (QED) is 0.316. The van der Waals surface area contributed by atoms with E-state index in [0.29, 0.717) is 22.1 Å². The minimum absolute atomic E-state index is 0.104. The van der Waals surface area contributed by atoms with Gasteiger partial charge in [-0.05, 0) is 90.0 Å². The van der Waals surface area contributed by atoms with Crippen LogP contribution in [0.5, 0.6) is 0 Å². The maximum atomic E-state index is 13.3. The van der Waals surface area contributed by atoms with Gasteiger partial charge in [-0.1, -0.05) is 6.07 Å². The van der Waals surface area contributed by atoms with Crippen LogP contribution in [0.3, 0.4) is 0 Å². The maximum absolute atomic E-state index is 13.3. The zero-order chi connectivity index (χ0) is 26.7. The number of carbonyl (C=O) groups is 1. The minimum Gasteiger partial charge on any atom is -0.447 e. The number of hydrogen-bond acceptors (Lipinski definition) is 9. The molecule has 11 heteroatoms. The van der Waals surface area contributed by atoms with Gasteiger partial charge in [0.2, 0.25) is 0 Å². The van der Waals surface area contributed by atoms with E-state index in [0.717, 1.165) is 46.3 Å². The van der Waals surface area contributed by atoms with Gasteiger partial charge < -0.3 is 15.4 Å². The van der Waals surface area contributed by atoms with Gasteiger partial charge in [-0.2, -0.15) is 4.37 Å². The normalized spacial score (nSPS) is 18.2. The first-order valence-electron chi connectivity index (χ1n) is 12.5. The first-order valence-corrected chi connectivity index (χ1v) is 15.7. The van der Waals surface area contributed by atoms with Crippen LogP contribution in [0.1, 0.15) is 70.0 Å². The van der Waals surface area contributed by atoms with E-state index < -0.39 is 15.1 Å². The summed E-state index contributed by atoms with van der Waals surface area (Å²) in [6.45, 7) is 8.99. The lowest BCUT2D eigenvalue weighted by Crippen LogP contribution is -2.38. The third-order valence-corrected chi connectivity index (χ3v) is 10.5. The molecule has 0 atom stereocenters. The predicted octanol–water partition coefficient (Wildman–Crippen LogP) is 6.66. The van der Waals surface area contributed by atoms with Gasteiger partial charge in [0.15, 0.2) is 9.84 Å². The molecule has 0 bridgehead atoms. The molecule has 2 heterocycles. The van der Waals surface area contributed by atoms with Crippen LogP contribution in [0.15, 0.2) is 35.4 Å². The van der Waals surface area contributed by atoms with E-state index in [1.54, 1.807) is 37.4 Å². The molecule has 2 aromatic heterocycles. The lowest BCUT2D eigenvalue weighted by atomic mass is 9.86. The van der Waals surface area contributed by atoms with Crippen molar-refractivity contribution in [3.05, 3.63) is 41.2 Å². The summed E-state index contributed by atoms with van der Waals surface area (Å²) in [6.07, 6.45) is 4.82. The summed E-state index contributed by atoms with van der Waals surface area (Å²) in [5.74, 6) is 0.290. The molecule has 0 unspecified atom stereocenters. The first-order chi connectivity index (χ1) is 17.5. The fourth-order valence-electron chi connectivity index (χ4n) is 4.36. The van der Waals surface area contributed by atoms with Crippen molar-refractivity contribution in [1.29, 1.82) is 0 Å². The van der Waals surface area contributed by atoms with Crippen LogP contribution in [0, 0.1) is 6.92 Å². The van der Waals surface area contributed by atoms with Gasteiger partial charge in [-0.3, -0.25) is 0 Å². The number of nitrogens with zero attached hydrogens (tertiary/aromatic N) is 2. The fourth-order valence-corrected chi connectivity index (χ4v) is 7.51. The van der Waals surface area contributed by atoms with E-state index in [1.807, 2.05) is 39.0 Å². The Morgan fingerprint density at radius 3 is 2.46 bits per heavy atom. The van der Waals surface area contributed by atoms with Crippen molar-refractivity contribution in [3.63, 3.8) is 0 Å². The summed E-state index contributed by atoms with van der Waals surface area (Å²) < 4.78 is 36.2. The number of amides is 1. The highest BCUT2D eigenvalue weighted by Gasteiger charge is 2.28. The molecule has 0 radical (unpaired) electrons. The van der Waals surface area contributed by atoms with Crippen molar-refractivity contribution in [3.8, 4) is 10.4 Å². The van der Waals surface area contributed by atoms with Crippen LogP contribution in [-0.4, -0.2) is 41.3 Å². The zero-order valence-corrected chi connectivity index (χ0v) is 24.2. The number of carbonyl (C=O) groups excluding carboxylic acids is 1. The predicted molar refractivity (Wildman–Crippen MR) is 150 cm³/mol. The minimum atomic E-state index is -3.53. The molecule has 1 aliphatic carbocycles. The molecule has 0 saturated heterocycles. The second-order valence-electron chi connectivity index (χ2n) is 9.97. The summed E-state index contributed by atoms with van der Waals surface area (Å²) in [6, 6.07) is 7.52. The molecule has 1 aromatic carbocycles. The molecule has 1 fully saturated rings. The van der Waals surface area contributed by atoms with Gasteiger partial charge in [-0.15, -0.1) is 11.3 Å². The molecular weight excluding hydrogens is 529 g/mol. The van der Waals surface area contributed by atoms with Crippen molar-refractivity contribution >= 4 is 49.5 Å². The fraction of sp³-hybridized carbons (Fsp3) is 0.500. The Labute approximate surface area is 227 Å². The molecule has 37 heavy (non-hydrogen) atoms. The number of hydrogen-bond donors (Lipinski definition) is 2. The summed E-state index contributed by atoms with van der Waals surface area (Å²) in [5, 5.41) is 7.56. The number of aryl methyl sites for hydroxylation is 1. The maximum Gasteiger partial charge on any atom is 0.407 e. The van der Waals surface area contributed by atoms with Crippen molar-refractivity contribution in [2.45, 2.75) is 88.5 Å². The molecule has 0 spiro atoms. The number of thiazole rings is 1. The van der Waals surface area contributed by atoms with Crippen molar-refractivity contribution in [2.24, 2.45) is 0 Å². The molecule has 1 aliphatic rings. The van der Waals surface area contributed by atoms with Crippen molar-refractivity contribution < 1.29 is 17.9 Å². The van der Waals surface area contributed by atoms with Crippen LogP contribution in [0.2, 0.25) is 0 Å². The number of benzene rings is 1. The monoisotopic (exact) mass is 562 g/mol. The molecular formula is C26H34N4O4S3. The molecule has 3 aromatic rings. The number of rotatable bonds is 8. The van der Waals surface area contributed by atoms with E-state index in [4.69, 9.17) is 9.72 Å². The van der Waals surface area contributed by atoms with Gasteiger partial charge in [0, 0.05) is 29.4 Å². The van der Waals surface area contributed by atoms with Crippen LogP contribution in [0.4, 0.5) is 15.5 Å². The van der Waals surface area contributed by atoms with Gasteiger partial charge in [0.25, 0.3) is 0 Å². The molecule has 1 saturated carbocycles. The first kappa shape index (κ1) is 27.5. The lowest BCUT2D eigenvalue weighted by Gasteiger charge is -2.28. The van der Waals surface area contributed by atoms with Crippen LogP contribution in [0.25, 0.3) is 10.4 Å². The standard InChI is InChI=1S/C26H34N4O4S3/c1-15(2)34-26(31)29-19-8-6-18(7-9-19)25-27-14-22(35-25)21-11-10-20(28-24-12-17(5)30-36-24)13-23(21)37(32,33)16(3)4/h10-16,18-19,28H,6-9H2,1-5H3,(H,29,31). The van der Waals surface area contributed by atoms with Gasteiger partial charge >= 0.3 is 6.09 Å². The van der Waals surface area contributed by atoms with Gasteiger partial charge in [-0.25, -0.2) is 18.2 Å². The zero-order valence-electron chi connectivity index (χ0n) is 21.8. The number of anilines is 2. The Balaban J connectivity index is 1.53. The van der Waals surface area contributed by atoms with E-state index in [2.05, 4.69) is 15.0 Å². The van der Waals surface area contributed by atoms with Crippen LogP contribution in [-0.2, 0) is 14.6 Å². The average Bonchev–Trinajstić information content (AvgIpc) is 3.48. The number of ether oxygens (including phenoxy) is 1. The molecule has 1 amide bonds. The largest absolute Gasteiger partial charge is 0.447 e. The molecule has 4 rings (SSSR count). The Kier molecular flexibility index (Phi) is 8.55. The number of sulfone groups is 1. The number of nitrogens with one attached hydrogen (secondary N) is 2. The van der Waals surface area contributed by atoms with Gasteiger partial charge in [0.1, 0.15) is 5.00 Å². The Bertz CT molecular complexity index is 1340. The Hall–Kier alpha value is -2.50. The summed E-state index contributed by atoms with van der Waals surface area (Å²) >= 11 is 2.90. The van der Waals surface area contributed by atoms with E-state index in [-0.39, 0.29) is 18.2 Å².